The van der Waals surface area contributed by atoms with E-state index >= 15 is 0 Å². The lowest BCUT2D eigenvalue weighted by atomic mass is 10.00. The summed E-state index contributed by atoms with van der Waals surface area (Å²) in [4.78, 5) is 0. The predicted molar refractivity (Wildman–Crippen MR) is 91.3 cm³/mol. The van der Waals surface area contributed by atoms with Crippen molar-refractivity contribution in [3.8, 4) is 22.4 Å². The van der Waals surface area contributed by atoms with Crippen LogP contribution in [0.5, 0.6) is 0 Å². The van der Waals surface area contributed by atoms with Crippen molar-refractivity contribution in [2.75, 3.05) is 5.73 Å². The summed E-state index contributed by atoms with van der Waals surface area (Å²) in [6, 6.07) is 13.8. The smallest absolute Gasteiger partial charge is 0.153 e. The van der Waals surface area contributed by atoms with Crippen LogP contribution in [-0.2, 0) is 0 Å². The summed E-state index contributed by atoms with van der Waals surface area (Å²) in [6.45, 7) is 1.98. The van der Waals surface area contributed by atoms with Crippen molar-refractivity contribution in [1.29, 1.82) is 0 Å². The predicted octanol–water partition coefficient (Wildman–Crippen LogP) is 5.05. The first-order valence-corrected chi connectivity index (χ1v) is 7.61. The monoisotopic (exact) mass is 361 g/mol. The summed E-state index contributed by atoms with van der Waals surface area (Å²) in [6.07, 6.45) is 0. The van der Waals surface area contributed by atoms with Crippen LogP contribution in [0.15, 0.2) is 46.9 Å². The second-order valence-corrected chi connectivity index (χ2v) is 6.01. The van der Waals surface area contributed by atoms with Gasteiger partial charge in [0.2, 0.25) is 0 Å². The number of nitrogen functional groups attached to an aromatic ring is 1. The third kappa shape index (κ3) is 2.45. The normalized spacial score (nSPS) is 10.8. The first-order valence-electron chi connectivity index (χ1n) is 6.44. The van der Waals surface area contributed by atoms with E-state index in [1.807, 2.05) is 49.4 Å². The summed E-state index contributed by atoms with van der Waals surface area (Å²) in [5.41, 5.74) is 10.6. The minimum Gasteiger partial charge on any atom is -0.382 e. The molecule has 0 unspecified atom stereocenters. The number of benzene rings is 2. The molecule has 0 atom stereocenters. The second-order valence-electron chi connectivity index (χ2n) is 4.78. The SMILES string of the molecule is Cc1cccc(-c2[nH]nc(N)c2-c2ccccc2Br)c1Cl. The molecule has 0 aliphatic heterocycles. The molecule has 3 N–H and O–H groups in total. The third-order valence-corrected chi connectivity index (χ3v) is 4.59. The molecule has 0 aliphatic carbocycles. The molecule has 0 fully saturated rings. The van der Waals surface area contributed by atoms with Gasteiger partial charge in [0.15, 0.2) is 5.82 Å². The number of nitrogens with two attached hydrogens (primary N) is 1. The lowest BCUT2D eigenvalue weighted by Crippen LogP contribution is -1.90. The van der Waals surface area contributed by atoms with Gasteiger partial charge in [0.05, 0.1) is 16.3 Å². The number of hydrogen-bond acceptors (Lipinski definition) is 2. The minimum absolute atomic E-state index is 0.453. The van der Waals surface area contributed by atoms with Crippen molar-refractivity contribution in [3.05, 3.63) is 57.5 Å². The molecule has 0 saturated carbocycles. The Morgan fingerprint density at radius 2 is 1.81 bits per heavy atom. The average Bonchev–Trinajstić information content (AvgIpc) is 2.84. The maximum atomic E-state index is 6.44. The molecule has 1 aromatic heterocycles. The molecule has 2 aromatic carbocycles. The van der Waals surface area contributed by atoms with E-state index in [9.17, 15) is 0 Å². The van der Waals surface area contributed by atoms with Crippen LogP contribution in [0.4, 0.5) is 5.82 Å². The van der Waals surface area contributed by atoms with Gasteiger partial charge in [-0.05, 0) is 18.6 Å². The fraction of sp³-hybridized carbons (Fsp3) is 0.0625. The highest BCUT2D eigenvalue weighted by molar-refractivity contribution is 9.10. The number of aryl methyl sites for hydroxylation is 1. The Hall–Kier alpha value is -1.78. The van der Waals surface area contributed by atoms with E-state index < -0.39 is 0 Å². The number of rotatable bonds is 2. The Morgan fingerprint density at radius 1 is 1.10 bits per heavy atom. The summed E-state index contributed by atoms with van der Waals surface area (Å²) in [5.74, 6) is 0.453. The molecule has 0 amide bonds. The zero-order valence-corrected chi connectivity index (χ0v) is 13.7. The number of aromatic amines is 1. The highest BCUT2D eigenvalue weighted by Gasteiger charge is 2.18. The Balaban J connectivity index is 2.28. The van der Waals surface area contributed by atoms with Crippen molar-refractivity contribution in [2.24, 2.45) is 0 Å². The van der Waals surface area contributed by atoms with E-state index in [-0.39, 0.29) is 0 Å². The molecule has 3 aromatic rings. The second kappa shape index (κ2) is 5.54. The molecule has 0 spiro atoms. The van der Waals surface area contributed by atoms with E-state index in [1.165, 1.54) is 0 Å². The van der Waals surface area contributed by atoms with Crippen molar-refractivity contribution in [3.63, 3.8) is 0 Å². The van der Waals surface area contributed by atoms with Gasteiger partial charge >= 0.3 is 0 Å². The van der Waals surface area contributed by atoms with Gasteiger partial charge in [0, 0.05) is 15.6 Å². The highest BCUT2D eigenvalue weighted by Crippen LogP contribution is 2.41. The standard InChI is InChI=1S/C16H13BrClN3/c1-9-5-4-7-11(14(9)18)15-13(16(19)21-20-15)10-6-2-3-8-12(10)17/h2-8H,1H3,(H3,19,20,21). The van der Waals surface area contributed by atoms with Gasteiger partial charge in [-0.25, -0.2) is 0 Å². The molecule has 1 heterocycles. The summed E-state index contributed by atoms with van der Waals surface area (Å²) < 4.78 is 0.961. The number of nitrogens with zero attached hydrogens (tertiary/aromatic N) is 1. The molecule has 3 nitrogen and oxygen atoms in total. The average molecular weight is 363 g/mol. The highest BCUT2D eigenvalue weighted by atomic mass is 79.9. The van der Waals surface area contributed by atoms with Crippen LogP contribution in [0, 0.1) is 6.92 Å². The van der Waals surface area contributed by atoms with Crippen LogP contribution >= 0.6 is 27.5 Å². The lowest BCUT2D eigenvalue weighted by Gasteiger charge is -2.09. The minimum atomic E-state index is 0.453. The first kappa shape index (κ1) is 14.2. The molecule has 0 radical (unpaired) electrons. The van der Waals surface area contributed by atoms with Gasteiger partial charge in [-0.2, -0.15) is 5.10 Å². The molecule has 3 rings (SSSR count). The molecule has 0 saturated heterocycles. The van der Waals surface area contributed by atoms with E-state index in [1.54, 1.807) is 0 Å². The van der Waals surface area contributed by atoms with Gasteiger partial charge in [-0.1, -0.05) is 63.9 Å². The van der Waals surface area contributed by atoms with Crippen LogP contribution in [0.25, 0.3) is 22.4 Å². The number of halogens is 2. The number of H-pyrrole nitrogens is 1. The van der Waals surface area contributed by atoms with Crippen LogP contribution in [0.1, 0.15) is 5.56 Å². The van der Waals surface area contributed by atoms with E-state index in [0.717, 1.165) is 32.4 Å². The van der Waals surface area contributed by atoms with Crippen LogP contribution < -0.4 is 5.73 Å². The van der Waals surface area contributed by atoms with Crippen molar-refractivity contribution >= 4 is 33.3 Å². The van der Waals surface area contributed by atoms with Crippen molar-refractivity contribution < 1.29 is 0 Å². The number of hydrogen-bond donors (Lipinski definition) is 2. The van der Waals surface area contributed by atoms with Crippen molar-refractivity contribution in [1.82, 2.24) is 10.2 Å². The van der Waals surface area contributed by atoms with E-state index in [4.69, 9.17) is 17.3 Å². The van der Waals surface area contributed by atoms with Crippen molar-refractivity contribution in [2.45, 2.75) is 6.92 Å². The quantitative estimate of drug-likeness (QED) is 0.670. The Labute approximate surface area is 136 Å². The molecule has 21 heavy (non-hydrogen) atoms. The topological polar surface area (TPSA) is 54.7 Å². The van der Waals surface area contributed by atoms with Crippen LogP contribution in [0.3, 0.4) is 0 Å². The van der Waals surface area contributed by atoms with Gasteiger partial charge in [0.25, 0.3) is 0 Å². The van der Waals surface area contributed by atoms with Gasteiger partial charge < -0.3 is 5.73 Å². The molecule has 0 aliphatic rings. The van der Waals surface area contributed by atoms with Gasteiger partial charge in [0.1, 0.15) is 0 Å². The lowest BCUT2D eigenvalue weighted by molar-refractivity contribution is 1.10. The summed E-state index contributed by atoms with van der Waals surface area (Å²) in [7, 11) is 0. The zero-order valence-electron chi connectivity index (χ0n) is 11.3. The van der Waals surface area contributed by atoms with Gasteiger partial charge in [-0.3, -0.25) is 5.10 Å². The summed E-state index contributed by atoms with van der Waals surface area (Å²) in [5, 5.41) is 7.86. The molecular formula is C16H13BrClN3. The number of nitrogens with one attached hydrogen (secondary N) is 1. The first-order chi connectivity index (χ1) is 10.1. The van der Waals surface area contributed by atoms with Crippen LogP contribution in [-0.4, -0.2) is 10.2 Å². The molecule has 0 bridgehead atoms. The zero-order chi connectivity index (χ0) is 15.0. The Bertz CT molecular complexity index is 811. The van der Waals surface area contributed by atoms with Crippen LogP contribution in [0.2, 0.25) is 5.02 Å². The van der Waals surface area contributed by atoms with E-state index in [0.29, 0.717) is 10.8 Å². The summed E-state index contributed by atoms with van der Waals surface area (Å²) >= 11 is 10.00. The fourth-order valence-corrected chi connectivity index (χ4v) is 3.03. The maximum absolute atomic E-state index is 6.44. The Kier molecular flexibility index (Phi) is 3.74. The van der Waals surface area contributed by atoms with E-state index in [2.05, 4.69) is 26.1 Å². The maximum Gasteiger partial charge on any atom is 0.153 e. The number of anilines is 1. The molecule has 106 valence electrons. The fourth-order valence-electron chi connectivity index (χ4n) is 2.33. The Morgan fingerprint density at radius 3 is 2.57 bits per heavy atom. The molecule has 5 heteroatoms. The number of aromatic nitrogens is 2. The van der Waals surface area contributed by atoms with Gasteiger partial charge in [-0.15, -0.1) is 0 Å². The third-order valence-electron chi connectivity index (χ3n) is 3.40. The molecular weight excluding hydrogens is 350 g/mol. The largest absolute Gasteiger partial charge is 0.382 e.